The first-order chi connectivity index (χ1) is 24.8. The second kappa shape index (κ2) is 11.8. The maximum absolute atomic E-state index is 5.00. The Morgan fingerprint density at radius 2 is 0.920 bits per heavy atom. The van der Waals surface area contributed by atoms with Crippen molar-refractivity contribution in [3.63, 3.8) is 0 Å². The van der Waals surface area contributed by atoms with Crippen LogP contribution in [0.1, 0.15) is 0 Å². The Morgan fingerprint density at radius 1 is 0.320 bits per heavy atom. The summed E-state index contributed by atoms with van der Waals surface area (Å²) in [6, 6.07) is 57.9. The Labute approximate surface area is 296 Å². The Morgan fingerprint density at radius 3 is 1.62 bits per heavy atom. The van der Waals surface area contributed by atoms with E-state index in [0.29, 0.717) is 17.5 Å². The van der Waals surface area contributed by atoms with Gasteiger partial charge in [-0.3, -0.25) is 0 Å². The van der Waals surface area contributed by atoms with Crippen LogP contribution in [0.5, 0.6) is 0 Å². The number of fused-ring (bicyclic) bond motifs is 6. The fraction of sp³-hybridized carbons (Fsp3) is 0. The molecule has 3 aromatic heterocycles. The lowest BCUT2D eigenvalue weighted by atomic mass is 9.93. The Hall–Kier alpha value is -6.01. The summed E-state index contributed by atoms with van der Waals surface area (Å²) in [6.45, 7) is 0. The minimum atomic E-state index is 0.666. The van der Waals surface area contributed by atoms with Gasteiger partial charge in [-0.25, -0.2) is 15.0 Å². The number of nitrogens with zero attached hydrogens (tertiary/aromatic N) is 3. The zero-order valence-corrected chi connectivity index (χ0v) is 28.4. The van der Waals surface area contributed by atoms with Crippen LogP contribution < -0.4 is 0 Å². The van der Waals surface area contributed by atoms with Gasteiger partial charge in [0.2, 0.25) is 0 Å². The van der Waals surface area contributed by atoms with Gasteiger partial charge in [-0.1, -0.05) is 133 Å². The number of aromatic nitrogens is 3. The minimum absolute atomic E-state index is 0.666. The molecular weight excluding hydrogens is 647 g/mol. The van der Waals surface area contributed by atoms with E-state index in [0.717, 1.165) is 16.7 Å². The van der Waals surface area contributed by atoms with Gasteiger partial charge in [0.25, 0.3) is 0 Å². The molecule has 5 heteroatoms. The molecule has 0 aliphatic heterocycles. The lowest BCUT2D eigenvalue weighted by Crippen LogP contribution is -1.99. The first-order valence-corrected chi connectivity index (χ1v) is 18.2. The van der Waals surface area contributed by atoms with Crippen LogP contribution in [0, 0.1) is 0 Å². The molecule has 10 rings (SSSR count). The van der Waals surface area contributed by atoms with Gasteiger partial charge in [0.05, 0.1) is 0 Å². The molecule has 10 aromatic rings. The Kier molecular flexibility index (Phi) is 6.86. The van der Waals surface area contributed by atoms with Gasteiger partial charge in [-0.05, 0) is 47.0 Å². The van der Waals surface area contributed by atoms with Crippen molar-refractivity contribution in [1.29, 1.82) is 0 Å². The highest BCUT2D eigenvalue weighted by molar-refractivity contribution is 7.27. The van der Waals surface area contributed by atoms with Crippen LogP contribution in [0.25, 0.3) is 96.8 Å². The number of rotatable bonds is 5. The summed E-state index contributed by atoms with van der Waals surface area (Å²) in [7, 11) is 0. The first kappa shape index (κ1) is 29.0. The van der Waals surface area contributed by atoms with Gasteiger partial charge >= 0.3 is 0 Å². The predicted octanol–water partition coefficient (Wildman–Crippen LogP) is 12.9. The number of hydrogen-bond donors (Lipinski definition) is 0. The zero-order chi connectivity index (χ0) is 33.0. The molecule has 0 unspecified atom stereocenters. The lowest BCUT2D eigenvalue weighted by Gasteiger charge is -2.11. The quantitative estimate of drug-likeness (QED) is 0.182. The Bertz CT molecular complexity index is 2800. The van der Waals surface area contributed by atoms with Gasteiger partial charge in [-0.15, -0.1) is 22.7 Å². The summed E-state index contributed by atoms with van der Waals surface area (Å²) in [4.78, 5) is 14.9. The van der Waals surface area contributed by atoms with Gasteiger partial charge < -0.3 is 0 Å². The van der Waals surface area contributed by atoms with E-state index in [2.05, 4.69) is 103 Å². The van der Waals surface area contributed by atoms with E-state index in [1.165, 1.54) is 62.6 Å². The zero-order valence-electron chi connectivity index (χ0n) is 26.7. The normalized spacial score (nSPS) is 11.6. The average Bonchev–Trinajstić information content (AvgIpc) is 3.76. The van der Waals surface area contributed by atoms with E-state index in [1.807, 2.05) is 83.3 Å². The molecule has 0 atom stereocenters. The van der Waals surface area contributed by atoms with Crippen LogP contribution >= 0.6 is 22.7 Å². The van der Waals surface area contributed by atoms with Gasteiger partial charge in [-0.2, -0.15) is 0 Å². The fourth-order valence-electron chi connectivity index (χ4n) is 6.95. The molecule has 0 saturated heterocycles. The third kappa shape index (κ3) is 4.90. The van der Waals surface area contributed by atoms with Crippen LogP contribution in [-0.2, 0) is 0 Å². The maximum atomic E-state index is 5.00. The van der Waals surface area contributed by atoms with E-state index in [9.17, 15) is 0 Å². The van der Waals surface area contributed by atoms with Crippen LogP contribution in [-0.4, -0.2) is 15.0 Å². The number of benzene rings is 7. The van der Waals surface area contributed by atoms with E-state index < -0.39 is 0 Å². The molecule has 3 nitrogen and oxygen atoms in total. The Balaban J connectivity index is 1.18. The average molecular weight is 674 g/mol. The van der Waals surface area contributed by atoms with Crippen molar-refractivity contribution in [3.05, 3.63) is 164 Å². The second-order valence-electron chi connectivity index (χ2n) is 12.4. The molecular formula is C45H27N3S2. The van der Waals surface area contributed by atoms with Crippen molar-refractivity contribution in [2.75, 3.05) is 0 Å². The topological polar surface area (TPSA) is 38.7 Å². The molecule has 50 heavy (non-hydrogen) atoms. The molecule has 7 aromatic carbocycles. The third-order valence-electron chi connectivity index (χ3n) is 9.33. The van der Waals surface area contributed by atoms with Crippen molar-refractivity contribution in [2.45, 2.75) is 0 Å². The fourth-order valence-corrected chi connectivity index (χ4v) is 9.33. The molecule has 0 spiro atoms. The highest BCUT2D eigenvalue weighted by Crippen LogP contribution is 2.47. The van der Waals surface area contributed by atoms with Crippen LogP contribution in [0.3, 0.4) is 0 Å². The third-order valence-corrected chi connectivity index (χ3v) is 11.7. The predicted molar refractivity (Wildman–Crippen MR) is 213 cm³/mol. The van der Waals surface area contributed by atoms with E-state index >= 15 is 0 Å². The van der Waals surface area contributed by atoms with Crippen LogP contribution in [0.4, 0.5) is 0 Å². The van der Waals surface area contributed by atoms with E-state index in [4.69, 9.17) is 15.0 Å². The SMILES string of the molecule is c1ccc(-c2cc(-c3cccc4sc5cc(-c6nc(-c7ccccc7)nc(-c7ccccc7)n6)ccc5c34)c3sc4ccccc4c3c2)cc1. The number of thiophene rings is 2. The van der Waals surface area contributed by atoms with Gasteiger partial charge in [0, 0.05) is 62.6 Å². The number of hydrogen-bond acceptors (Lipinski definition) is 5. The monoisotopic (exact) mass is 673 g/mol. The smallest absolute Gasteiger partial charge is 0.164 e. The highest BCUT2D eigenvalue weighted by Gasteiger charge is 2.19. The molecule has 3 heterocycles. The van der Waals surface area contributed by atoms with Crippen molar-refractivity contribution in [3.8, 4) is 56.4 Å². The summed E-state index contributed by atoms with van der Waals surface area (Å²) in [6.07, 6.45) is 0. The standard InChI is InChI=1S/C45H27N3S2/c1-4-13-28(14-5-1)32-25-36-33-19-10-11-21-38(33)50-42(36)37(26-32)34-20-12-22-39-41(34)35-24-23-31(27-40(35)49-39)45-47-43(29-15-6-2-7-16-29)46-44(48-45)30-17-8-3-9-18-30/h1-27H. The summed E-state index contributed by atoms with van der Waals surface area (Å²) < 4.78 is 5.10. The van der Waals surface area contributed by atoms with Crippen molar-refractivity contribution >= 4 is 63.0 Å². The lowest BCUT2D eigenvalue weighted by molar-refractivity contribution is 1.07. The molecule has 0 saturated carbocycles. The van der Waals surface area contributed by atoms with Crippen molar-refractivity contribution < 1.29 is 0 Å². The summed E-state index contributed by atoms with van der Waals surface area (Å²) >= 11 is 3.71. The molecule has 0 bridgehead atoms. The largest absolute Gasteiger partial charge is 0.208 e. The van der Waals surface area contributed by atoms with Crippen molar-refractivity contribution in [2.24, 2.45) is 0 Å². The molecule has 0 fully saturated rings. The molecule has 0 aliphatic carbocycles. The highest BCUT2D eigenvalue weighted by atomic mass is 32.1. The van der Waals surface area contributed by atoms with Crippen LogP contribution in [0.2, 0.25) is 0 Å². The second-order valence-corrected chi connectivity index (χ2v) is 14.5. The minimum Gasteiger partial charge on any atom is -0.208 e. The first-order valence-electron chi connectivity index (χ1n) is 16.6. The summed E-state index contributed by atoms with van der Waals surface area (Å²) in [5, 5.41) is 5.14. The molecule has 0 amide bonds. The van der Waals surface area contributed by atoms with Gasteiger partial charge in [0.1, 0.15) is 0 Å². The van der Waals surface area contributed by atoms with Gasteiger partial charge in [0.15, 0.2) is 17.5 Å². The summed E-state index contributed by atoms with van der Waals surface area (Å²) in [5.74, 6) is 2.00. The molecule has 234 valence electrons. The van der Waals surface area contributed by atoms with Crippen molar-refractivity contribution in [1.82, 2.24) is 15.0 Å². The molecule has 0 N–H and O–H groups in total. The van der Waals surface area contributed by atoms with E-state index in [1.54, 1.807) is 0 Å². The molecule has 0 aliphatic rings. The van der Waals surface area contributed by atoms with E-state index in [-0.39, 0.29) is 0 Å². The maximum Gasteiger partial charge on any atom is 0.164 e. The summed E-state index contributed by atoms with van der Waals surface area (Å²) in [5.41, 5.74) is 7.88. The molecule has 0 radical (unpaired) electrons. The van der Waals surface area contributed by atoms with Crippen LogP contribution in [0.15, 0.2) is 164 Å².